The molecule has 14 heavy (non-hydrogen) atoms. The third-order valence-electron chi connectivity index (χ3n) is 2.73. The highest BCUT2D eigenvalue weighted by molar-refractivity contribution is 5.02. The average molecular weight is 194 g/mol. The first-order chi connectivity index (χ1) is 6.61. The van der Waals surface area contributed by atoms with Crippen LogP contribution < -0.4 is 0 Å². The van der Waals surface area contributed by atoms with Crippen molar-refractivity contribution in [3.8, 4) is 0 Å². The van der Waals surface area contributed by atoms with Crippen LogP contribution in [0.1, 0.15) is 19.0 Å². The molecular weight excluding hydrogens is 176 g/mol. The molecule has 3 heteroatoms. The predicted octanol–water partition coefficient (Wildman–Crippen LogP) is 1.54. The van der Waals surface area contributed by atoms with E-state index in [4.69, 9.17) is 0 Å². The van der Waals surface area contributed by atoms with Gasteiger partial charge in [-0.3, -0.25) is 4.68 Å². The topological polar surface area (TPSA) is 38.1 Å². The van der Waals surface area contributed by atoms with Gasteiger partial charge in [-0.2, -0.15) is 5.10 Å². The molecule has 1 rings (SSSR count). The van der Waals surface area contributed by atoms with Gasteiger partial charge in [0.05, 0.1) is 6.61 Å². The molecule has 0 amide bonds. The van der Waals surface area contributed by atoms with Gasteiger partial charge in [-0.25, -0.2) is 0 Å². The van der Waals surface area contributed by atoms with Gasteiger partial charge in [0.2, 0.25) is 0 Å². The summed E-state index contributed by atoms with van der Waals surface area (Å²) in [6.07, 6.45) is 5.43. The number of aliphatic hydroxyl groups is 1. The minimum Gasteiger partial charge on any atom is -0.395 e. The lowest BCUT2D eigenvalue weighted by molar-refractivity contribution is 0.175. The Hall–Kier alpha value is -1.09. The molecule has 0 aromatic carbocycles. The first kappa shape index (κ1) is 11.0. The second-order valence-electron chi connectivity index (χ2n) is 3.96. The summed E-state index contributed by atoms with van der Waals surface area (Å²) in [5, 5.41) is 13.3. The van der Waals surface area contributed by atoms with Gasteiger partial charge in [0.15, 0.2) is 0 Å². The lowest BCUT2D eigenvalue weighted by Crippen LogP contribution is -2.19. The van der Waals surface area contributed by atoms with E-state index in [0.717, 1.165) is 12.8 Å². The van der Waals surface area contributed by atoms with E-state index in [1.165, 1.54) is 5.69 Å². The van der Waals surface area contributed by atoms with Gasteiger partial charge in [0.25, 0.3) is 0 Å². The van der Waals surface area contributed by atoms with Gasteiger partial charge >= 0.3 is 0 Å². The summed E-state index contributed by atoms with van der Waals surface area (Å²) in [7, 11) is 1.93. The van der Waals surface area contributed by atoms with Crippen LogP contribution in [0.5, 0.6) is 0 Å². The maximum Gasteiger partial charge on any atom is 0.0519 e. The number of aliphatic hydroxyl groups excluding tert-OH is 1. The third kappa shape index (κ3) is 2.45. The Bertz CT molecular complexity index is 306. The van der Waals surface area contributed by atoms with Gasteiger partial charge in [-0.15, -0.1) is 6.58 Å². The molecule has 1 heterocycles. The monoisotopic (exact) mass is 194 g/mol. The van der Waals surface area contributed by atoms with Crippen LogP contribution in [0.4, 0.5) is 0 Å². The van der Waals surface area contributed by atoms with Crippen LogP contribution in [0, 0.1) is 5.41 Å². The molecule has 1 atom stereocenters. The van der Waals surface area contributed by atoms with E-state index < -0.39 is 0 Å². The third-order valence-corrected chi connectivity index (χ3v) is 2.73. The van der Waals surface area contributed by atoms with E-state index in [9.17, 15) is 5.11 Å². The Morgan fingerprint density at radius 3 is 2.86 bits per heavy atom. The molecule has 0 saturated heterocycles. The molecule has 0 spiro atoms. The van der Waals surface area contributed by atoms with Crippen LogP contribution in [-0.2, 0) is 13.5 Å². The van der Waals surface area contributed by atoms with Crippen molar-refractivity contribution in [2.45, 2.75) is 19.8 Å². The molecule has 1 N–H and O–H groups in total. The highest BCUT2D eigenvalue weighted by Gasteiger charge is 2.19. The first-order valence-corrected chi connectivity index (χ1v) is 4.82. The summed E-state index contributed by atoms with van der Waals surface area (Å²) in [6, 6.07) is 2.00. The molecule has 78 valence electrons. The number of hydrogen-bond donors (Lipinski definition) is 1. The Balaban J connectivity index is 2.56. The number of aryl methyl sites for hydroxylation is 2. The molecule has 0 aliphatic heterocycles. The minimum atomic E-state index is -0.176. The smallest absolute Gasteiger partial charge is 0.0519 e. The van der Waals surface area contributed by atoms with Crippen LogP contribution in [0.3, 0.4) is 0 Å². The summed E-state index contributed by atoms with van der Waals surface area (Å²) >= 11 is 0. The maximum atomic E-state index is 9.19. The summed E-state index contributed by atoms with van der Waals surface area (Å²) in [4.78, 5) is 0. The lowest BCUT2D eigenvalue weighted by Gasteiger charge is -2.22. The number of nitrogens with zero attached hydrogens (tertiary/aromatic N) is 2. The second kappa shape index (κ2) is 4.42. The van der Waals surface area contributed by atoms with Crippen molar-refractivity contribution in [1.82, 2.24) is 9.78 Å². The highest BCUT2D eigenvalue weighted by Crippen LogP contribution is 2.23. The highest BCUT2D eigenvalue weighted by atomic mass is 16.3. The van der Waals surface area contributed by atoms with Crippen molar-refractivity contribution >= 4 is 0 Å². The van der Waals surface area contributed by atoms with Crippen molar-refractivity contribution in [3.63, 3.8) is 0 Å². The molecule has 1 unspecified atom stereocenters. The molecule has 0 aliphatic rings. The minimum absolute atomic E-state index is 0.147. The molecule has 1 aromatic heterocycles. The molecular formula is C11H18N2O. The van der Waals surface area contributed by atoms with E-state index >= 15 is 0 Å². The van der Waals surface area contributed by atoms with Crippen LogP contribution in [0.25, 0.3) is 0 Å². The Morgan fingerprint density at radius 1 is 1.71 bits per heavy atom. The molecule has 1 aromatic rings. The van der Waals surface area contributed by atoms with Gasteiger partial charge in [-0.1, -0.05) is 13.0 Å². The fourth-order valence-electron chi connectivity index (χ4n) is 1.31. The van der Waals surface area contributed by atoms with Crippen molar-refractivity contribution in [2.75, 3.05) is 6.61 Å². The van der Waals surface area contributed by atoms with Crippen molar-refractivity contribution in [2.24, 2.45) is 12.5 Å². The van der Waals surface area contributed by atoms with Crippen LogP contribution in [-0.4, -0.2) is 21.5 Å². The van der Waals surface area contributed by atoms with Gasteiger partial charge < -0.3 is 5.11 Å². The Morgan fingerprint density at radius 2 is 2.43 bits per heavy atom. The first-order valence-electron chi connectivity index (χ1n) is 4.82. The summed E-state index contributed by atoms with van der Waals surface area (Å²) < 4.78 is 1.86. The Kier molecular flexibility index (Phi) is 3.47. The molecule has 0 fully saturated rings. The standard InChI is InChI=1S/C11H18N2O/c1-4-11(2,9-14)7-5-10-6-8-12-13(10)3/h4,6,8,14H,1,5,7,9H2,2-3H3. The van der Waals surface area contributed by atoms with E-state index in [1.54, 1.807) is 6.20 Å². The fourth-order valence-corrected chi connectivity index (χ4v) is 1.31. The van der Waals surface area contributed by atoms with E-state index in [-0.39, 0.29) is 12.0 Å². The number of aromatic nitrogens is 2. The van der Waals surface area contributed by atoms with E-state index in [0.29, 0.717) is 0 Å². The second-order valence-corrected chi connectivity index (χ2v) is 3.96. The van der Waals surface area contributed by atoms with Crippen LogP contribution >= 0.6 is 0 Å². The molecule has 3 nitrogen and oxygen atoms in total. The molecule has 0 radical (unpaired) electrons. The zero-order valence-electron chi connectivity index (χ0n) is 8.90. The lowest BCUT2D eigenvalue weighted by atomic mass is 9.86. The summed E-state index contributed by atoms with van der Waals surface area (Å²) in [6.45, 7) is 5.90. The Labute approximate surface area is 85.1 Å². The largest absolute Gasteiger partial charge is 0.395 e. The van der Waals surface area contributed by atoms with Gasteiger partial charge in [-0.05, 0) is 18.9 Å². The fraction of sp³-hybridized carbons (Fsp3) is 0.545. The zero-order chi connectivity index (χ0) is 10.6. The van der Waals surface area contributed by atoms with Crippen LogP contribution in [0.2, 0.25) is 0 Å². The summed E-state index contributed by atoms with van der Waals surface area (Å²) in [5.74, 6) is 0. The van der Waals surface area contributed by atoms with E-state index in [1.807, 2.05) is 30.8 Å². The number of rotatable bonds is 5. The van der Waals surface area contributed by atoms with Crippen molar-refractivity contribution in [3.05, 3.63) is 30.6 Å². The average Bonchev–Trinajstić information content (AvgIpc) is 2.61. The molecule has 0 aliphatic carbocycles. The van der Waals surface area contributed by atoms with Crippen molar-refractivity contribution < 1.29 is 5.11 Å². The van der Waals surface area contributed by atoms with Gasteiger partial charge in [0.1, 0.15) is 0 Å². The maximum absolute atomic E-state index is 9.19. The number of hydrogen-bond acceptors (Lipinski definition) is 2. The zero-order valence-corrected chi connectivity index (χ0v) is 8.90. The quantitative estimate of drug-likeness (QED) is 0.722. The van der Waals surface area contributed by atoms with Gasteiger partial charge in [0, 0.05) is 24.4 Å². The van der Waals surface area contributed by atoms with E-state index in [2.05, 4.69) is 11.7 Å². The predicted molar refractivity (Wildman–Crippen MR) is 56.9 cm³/mol. The molecule has 0 bridgehead atoms. The SMILES string of the molecule is C=CC(C)(CO)CCc1ccnn1C. The van der Waals surface area contributed by atoms with Crippen molar-refractivity contribution in [1.29, 1.82) is 0 Å². The molecule has 0 saturated carbocycles. The normalized spacial score (nSPS) is 15.1. The van der Waals surface area contributed by atoms with Crippen LogP contribution in [0.15, 0.2) is 24.9 Å². The summed E-state index contributed by atoms with van der Waals surface area (Å²) in [5.41, 5.74) is 1.01.